The van der Waals surface area contributed by atoms with Crippen molar-refractivity contribution in [1.29, 1.82) is 0 Å². The number of aromatic nitrogens is 2. The number of thioether (sulfide) groups is 1. The van der Waals surface area contributed by atoms with E-state index in [1.165, 1.54) is 31.0 Å². The summed E-state index contributed by atoms with van der Waals surface area (Å²) >= 11 is 1.39. The van der Waals surface area contributed by atoms with E-state index >= 15 is 0 Å². The first-order chi connectivity index (χ1) is 11.2. The number of aryl methyl sites for hydroxylation is 1. The van der Waals surface area contributed by atoms with Gasteiger partial charge in [0.1, 0.15) is 0 Å². The zero-order valence-electron chi connectivity index (χ0n) is 13.7. The molecule has 5 nitrogen and oxygen atoms in total. The Morgan fingerprint density at radius 1 is 1.30 bits per heavy atom. The van der Waals surface area contributed by atoms with Crippen molar-refractivity contribution in [1.82, 2.24) is 15.3 Å². The van der Waals surface area contributed by atoms with Crippen LogP contribution in [-0.4, -0.2) is 27.2 Å². The summed E-state index contributed by atoms with van der Waals surface area (Å²) in [6.07, 6.45) is 9.27. The lowest BCUT2D eigenvalue weighted by atomic mass is 9.95. The Bertz CT molecular complexity index is 623. The largest absolute Gasteiger partial charge is 0.352 e. The SMILES string of the molecule is CCC(Sc1nc2c(c(=O)[nH]1)CCC2)C(=O)NC1CCCCC1. The highest BCUT2D eigenvalue weighted by atomic mass is 32.2. The molecule has 1 atom stereocenters. The van der Waals surface area contributed by atoms with E-state index in [4.69, 9.17) is 0 Å². The van der Waals surface area contributed by atoms with E-state index in [0.29, 0.717) is 11.2 Å². The number of carbonyl (C=O) groups excluding carboxylic acids is 1. The molecule has 0 saturated heterocycles. The number of hydrogen-bond acceptors (Lipinski definition) is 4. The molecular formula is C17H25N3O2S. The number of rotatable bonds is 5. The van der Waals surface area contributed by atoms with Crippen molar-refractivity contribution in [3.05, 3.63) is 21.6 Å². The van der Waals surface area contributed by atoms with Crippen LogP contribution < -0.4 is 10.9 Å². The van der Waals surface area contributed by atoms with Gasteiger partial charge in [0.05, 0.1) is 10.9 Å². The zero-order chi connectivity index (χ0) is 16.2. The molecule has 1 aromatic rings. The minimum atomic E-state index is -0.195. The van der Waals surface area contributed by atoms with Crippen molar-refractivity contribution in [3.8, 4) is 0 Å². The first-order valence-electron chi connectivity index (χ1n) is 8.76. The van der Waals surface area contributed by atoms with Crippen LogP contribution in [0.15, 0.2) is 9.95 Å². The molecule has 3 rings (SSSR count). The maximum Gasteiger partial charge on any atom is 0.254 e. The Balaban J connectivity index is 1.65. The number of fused-ring (bicyclic) bond motifs is 1. The summed E-state index contributed by atoms with van der Waals surface area (Å²) in [5.74, 6) is 0.0764. The van der Waals surface area contributed by atoms with Crippen molar-refractivity contribution < 1.29 is 4.79 Å². The second-order valence-electron chi connectivity index (χ2n) is 6.51. The smallest absolute Gasteiger partial charge is 0.254 e. The minimum Gasteiger partial charge on any atom is -0.352 e. The number of amides is 1. The van der Waals surface area contributed by atoms with E-state index in [2.05, 4.69) is 15.3 Å². The Kier molecular flexibility index (Phi) is 5.41. The molecular weight excluding hydrogens is 310 g/mol. The van der Waals surface area contributed by atoms with Gasteiger partial charge in [-0.2, -0.15) is 0 Å². The van der Waals surface area contributed by atoms with E-state index < -0.39 is 0 Å². The molecule has 126 valence electrons. The highest BCUT2D eigenvalue weighted by Gasteiger charge is 2.24. The van der Waals surface area contributed by atoms with Gasteiger partial charge in [0, 0.05) is 11.6 Å². The summed E-state index contributed by atoms with van der Waals surface area (Å²) in [7, 11) is 0. The molecule has 1 saturated carbocycles. The first kappa shape index (κ1) is 16.6. The quantitative estimate of drug-likeness (QED) is 0.641. The molecule has 1 aromatic heterocycles. The van der Waals surface area contributed by atoms with Gasteiger partial charge in [0.15, 0.2) is 5.16 Å². The topological polar surface area (TPSA) is 74.8 Å². The molecule has 2 aliphatic rings. The summed E-state index contributed by atoms with van der Waals surface area (Å²) in [5, 5.41) is 3.57. The first-order valence-corrected chi connectivity index (χ1v) is 9.64. The van der Waals surface area contributed by atoms with E-state index in [9.17, 15) is 9.59 Å². The van der Waals surface area contributed by atoms with Crippen LogP contribution in [-0.2, 0) is 17.6 Å². The van der Waals surface area contributed by atoms with Crippen molar-refractivity contribution in [2.45, 2.75) is 81.2 Å². The number of carbonyl (C=O) groups is 1. The lowest BCUT2D eigenvalue weighted by Crippen LogP contribution is -2.41. The molecule has 6 heteroatoms. The molecule has 2 N–H and O–H groups in total. The number of nitrogens with zero attached hydrogens (tertiary/aromatic N) is 1. The molecule has 0 aromatic carbocycles. The molecule has 0 bridgehead atoms. The molecule has 1 heterocycles. The lowest BCUT2D eigenvalue weighted by Gasteiger charge is -2.24. The summed E-state index contributed by atoms with van der Waals surface area (Å²) in [6, 6.07) is 0.318. The maximum atomic E-state index is 12.5. The van der Waals surface area contributed by atoms with Gasteiger partial charge in [-0.15, -0.1) is 0 Å². The van der Waals surface area contributed by atoms with Crippen LogP contribution in [0.2, 0.25) is 0 Å². The van der Waals surface area contributed by atoms with Crippen LogP contribution in [0.3, 0.4) is 0 Å². The third-order valence-electron chi connectivity index (χ3n) is 4.79. The van der Waals surface area contributed by atoms with Crippen LogP contribution in [0.1, 0.15) is 63.1 Å². The van der Waals surface area contributed by atoms with E-state index in [1.807, 2.05) is 6.92 Å². The van der Waals surface area contributed by atoms with Crippen molar-refractivity contribution in [2.24, 2.45) is 0 Å². The fourth-order valence-corrected chi connectivity index (χ4v) is 4.40. The molecule has 0 aliphatic heterocycles. The van der Waals surface area contributed by atoms with E-state index in [-0.39, 0.29) is 16.7 Å². The third kappa shape index (κ3) is 3.97. The molecule has 23 heavy (non-hydrogen) atoms. The number of nitrogens with one attached hydrogen (secondary N) is 2. The predicted molar refractivity (Wildman–Crippen MR) is 91.8 cm³/mol. The summed E-state index contributed by atoms with van der Waals surface area (Å²) < 4.78 is 0. The second-order valence-corrected chi connectivity index (χ2v) is 7.70. The Labute approximate surface area is 141 Å². The molecule has 0 spiro atoms. The van der Waals surface area contributed by atoms with Crippen molar-refractivity contribution >= 4 is 17.7 Å². The summed E-state index contributed by atoms with van der Waals surface area (Å²) in [6.45, 7) is 2.00. The standard InChI is InChI=1S/C17H25N3O2S/c1-2-14(16(22)18-11-7-4-3-5-8-11)23-17-19-13-10-6-9-12(13)15(21)20-17/h11,14H,2-10H2,1H3,(H,18,22)(H,19,20,21). The minimum absolute atomic E-state index is 0.0301. The Hall–Kier alpha value is -1.30. The van der Waals surface area contributed by atoms with Gasteiger partial charge in [-0.1, -0.05) is 37.9 Å². The van der Waals surface area contributed by atoms with Gasteiger partial charge in [-0.3, -0.25) is 9.59 Å². The molecule has 0 radical (unpaired) electrons. The van der Waals surface area contributed by atoms with E-state index in [0.717, 1.165) is 49.8 Å². The number of aromatic amines is 1. The van der Waals surface area contributed by atoms with Gasteiger partial charge in [-0.05, 0) is 38.5 Å². The highest BCUT2D eigenvalue weighted by Crippen LogP contribution is 2.25. The van der Waals surface area contributed by atoms with Crippen molar-refractivity contribution in [3.63, 3.8) is 0 Å². The van der Waals surface area contributed by atoms with Gasteiger partial charge < -0.3 is 10.3 Å². The zero-order valence-corrected chi connectivity index (χ0v) is 14.5. The monoisotopic (exact) mass is 335 g/mol. The summed E-state index contributed by atoms with van der Waals surface area (Å²) in [4.78, 5) is 32.0. The van der Waals surface area contributed by atoms with Gasteiger partial charge in [0.2, 0.25) is 5.91 Å². The van der Waals surface area contributed by atoms with Gasteiger partial charge >= 0.3 is 0 Å². The Morgan fingerprint density at radius 3 is 2.83 bits per heavy atom. The molecule has 1 unspecified atom stereocenters. The molecule has 1 amide bonds. The lowest BCUT2D eigenvalue weighted by molar-refractivity contribution is -0.121. The van der Waals surface area contributed by atoms with Gasteiger partial charge in [-0.25, -0.2) is 4.98 Å². The summed E-state index contributed by atoms with van der Waals surface area (Å²) in [5.41, 5.74) is 1.71. The van der Waals surface area contributed by atoms with Gasteiger partial charge in [0.25, 0.3) is 5.56 Å². The van der Waals surface area contributed by atoms with Crippen LogP contribution >= 0.6 is 11.8 Å². The fourth-order valence-electron chi connectivity index (χ4n) is 3.47. The Morgan fingerprint density at radius 2 is 2.09 bits per heavy atom. The maximum absolute atomic E-state index is 12.5. The van der Waals surface area contributed by atoms with Crippen molar-refractivity contribution in [2.75, 3.05) is 0 Å². The van der Waals surface area contributed by atoms with Crippen LogP contribution in [0.4, 0.5) is 0 Å². The van der Waals surface area contributed by atoms with Crippen LogP contribution in [0, 0.1) is 0 Å². The van der Waals surface area contributed by atoms with E-state index in [1.54, 1.807) is 0 Å². The predicted octanol–water partition coefficient (Wildman–Crippen LogP) is 2.58. The van der Waals surface area contributed by atoms with Crippen LogP contribution in [0.5, 0.6) is 0 Å². The molecule has 1 fully saturated rings. The number of H-pyrrole nitrogens is 1. The number of hydrogen-bond donors (Lipinski definition) is 2. The highest BCUT2D eigenvalue weighted by molar-refractivity contribution is 8.00. The second kappa shape index (κ2) is 7.51. The fraction of sp³-hybridized carbons (Fsp3) is 0.706. The third-order valence-corrected chi connectivity index (χ3v) is 6.04. The van der Waals surface area contributed by atoms with Crippen LogP contribution in [0.25, 0.3) is 0 Å². The average Bonchev–Trinajstić information content (AvgIpc) is 3.02. The normalized spacial score (nSPS) is 19.3. The molecule has 2 aliphatic carbocycles. The average molecular weight is 335 g/mol.